The maximum Gasteiger partial charge on any atom is 0.297 e. The lowest BCUT2D eigenvalue weighted by atomic mass is 9.92. The molecule has 0 spiro atoms. The maximum atomic E-state index is 14.8. The zero-order chi connectivity index (χ0) is 23.3. The van der Waals surface area contributed by atoms with Crippen LogP contribution in [0.5, 0.6) is 0 Å². The van der Waals surface area contributed by atoms with Crippen LogP contribution < -0.4 is 5.56 Å². The molecular weight excluding hydrogens is 449 g/mol. The van der Waals surface area contributed by atoms with Crippen molar-refractivity contribution in [2.45, 2.75) is 25.4 Å². The van der Waals surface area contributed by atoms with Gasteiger partial charge < -0.3 is 0 Å². The van der Waals surface area contributed by atoms with Crippen LogP contribution >= 0.6 is 11.3 Å². The van der Waals surface area contributed by atoms with Gasteiger partial charge in [-0.25, -0.2) is 14.1 Å². The summed E-state index contributed by atoms with van der Waals surface area (Å²) in [6.45, 7) is 2.17. The highest BCUT2D eigenvalue weighted by atomic mass is 32.1. The third kappa shape index (κ3) is 3.21. The fourth-order valence-corrected chi connectivity index (χ4v) is 4.98. The van der Waals surface area contributed by atoms with E-state index in [1.54, 1.807) is 24.3 Å². The summed E-state index contributed by atoms with van der Waals surface area (Å²) in [7, 11) is 0. The molecule has 2 aromatic carbocycles. The lowest BCUT2D eigenvalue weighted by Gasteiger charge is -2.28. The number of rotatable bonds is 4. The summed E-state index contributed by atoms with van der Waals surface area (Å²) in [6, 6.07) is 15.9. The van der Waals surface area contributed by atoms with Crippen molar-refractivity contribution >= 4 is 22.2 Å². The van der Waals surface area contributed by atoms with Gasteiger partial charge in [0, 0.05) is 16.3 Å². The average molecular weight is 470 g/mol. The zero-order valence-electron chi connectivity index (χ0n) is 18.4. The summed E-state index contributed by atoms with van der Waals surface area (Å²) >= 11 is 1.56. The van der Waals surface area contributed by atoms with Crippen molar-refractivity contribution in [3.8, 4) is 22.6 Å². The second kappa shape index (κ2) is 7.85. The van der Waals surface area contributed by atoms with E-state index in [0.717, 1.165) is 27.7 Å². The van der Waals surface area contributed by atoms with Gasteiger partial charge in [0.05, 0.1) is 23.3 Å². The zero-order valence-corrected chi connectivity index (χ0v) is 19.2. The van der Waals surface area contributed by atoms with Crippen molar-refractivity contribution in [1.82, 2.24) is 24.5 Å². The Morgan fingerprint density at radius 1 is 1.09 bits per heavy atom. The average Bonchev–Trinajstić information content (AvgIpc) is 3.51. The molecule has 0 saturated heterocycles. The summed E-state index contributed by atoms with van der Waals surface area (Å²) in [4.78, 5) is 17.8. The minimum absolute atomic E-state index is 0.237. The van der Waals surface area contributed by atoms with E-state index in [2.05, 4.69) is 10.1 Å². The molecule has 0 radical (unpaired) electrons. The second-order valence-electron chi connectivity index (χ2n) is 8.58. The topological polar surface area (TPSA) is 65.6 Å². The molecule has 2 aliphatic heterocycles. The highest BCUT2D eigenvalue weighted by Gasteiger charge is 2.37. The van der Waals surface area contributed by atoms with Crippen molar-refractivity contribution < 1.29 is 4.39 Å². The molecule has 168 valence electrons. The quantitative estimate of drug-likeness (QED) is 0.354. The molecule has 3 aliphatic rings. The predicted molar refractivity (Wildman–Crippen MR) is 132 cm³/mol. The number of halogens is 1. The van der Waals surface area contributed by atoms with Crippen LogP contribution in [0.25, 0.3) is 33.5 Å². The molecule has 1 unspecified atom stereocenters. The van der Waals surface area contributed by atoms with E-state index in [0.29, 0.717) is 18.7 Å². The van der Waals surface area contributed by atoms with Gasteiger partial charge >= 0.3 is 0 Å². The van der Waals surface area contributed by atoms with Gasteiger partial charge in [-0.1, -0.05) is 54.6 Å². The predicted octanol–water partition coefficient (Wildman–Crippen LogP) is 5.40. The Hall–Kier alpha value is -3.91. The van der Waals surface area contributed by atoms with E-state index in [1.165, 1.54) is 10.8 Å². The van der Waals surface area contributed by atoms with E-state index < -0.39 is 16.9 Å². The van der Waals surface area contributed by atoms with Crippen molar-refractivity contribution in [1.29, 1.82) is 0 Å². The number of hydrogen-bond donors (Lipinski definition) is 0. The van der Waals surface area contributed by atoms with Crippen LogP contribution in [-0.4, -0.2) is 24.5 Å². The van der Waals surface area contributed by atoms with Gasteiger partial charge in [0.25, 0.3) is 5.56 Å². The smallest absolute Gasteiger partial charge is 0.265 e. The Labute approximate surface area is 198 Å². The summed E-state index contributed by atoms with van der Waals surface area (Å²) in [5.41, 5.74) is 4.88. The van der Waals surface area contributed by atoms with Crippen molar-refractivity contribution in [2.75, 3.05) is 0 Å². The van der Waals surface area contributed by atoms with Crippen LogP contribution in [0.1, 0.15) is 18.9 Å². The van der Waals surface area contributed by atoms with Crippen LogP contribution in [0, 0.1) is 0 Å². The lowest BCUT2D eigenvalue weighted by molar-refractivity contribution is 0.277. The van der Waals surface area contributed by atoms with Gasteiger partial charge in [-0.15, -0.1) is 11.3 Å². The minimum Gasteiger partial charge on any atom is -0.265 e. The molecular formula is C26H20FN5OS. The number of fused-ring (bicyclic) bond motifs is 3. The highest BCUT2D eigenvalue weighted by Crippen LogP contribution is 2.35. The third-order valence-electron chi connectivity index (χ3n) is 6.37. The Bertz CT molecular complexity index is 1600. The molecule has 6 rings (SSSR count). The Morgan fingerprint density at radius 3 is 2.68 bits per heavy atom. The van der Waals surface area contributed by atoms with Gasteiger partial charge in [-0.05, 0) is 31.1 Å². The van der Waals surface area contributed by atoms with Gasteiger partial charge in [-0.3, -0.25) is 9.48 Å². The molecule has 0 amide bonds. The normalized spacial score (nSPS) is 18.0. The molecule has 3 heterocycles. The van der Waals surface area contributed by atoms with E-state index in [-0.39, 0.29) is 5.69 Å². The molecule has 1 aliphatic carbocycles. The van der Waals surface area contributed by atoms with Crippen molar-refractivity contribution in [2.24, 2.45) is 0 Å². The van der Waals surface area contributed by atoms with Crippen LogP contribution in [0.4, 0.5) is 4.39 Å². The molecule has 6 nitrogen and oxygen atoms in total. The van der Waals surface area contributed by atoms with Crippen LogP contribution in [0.3, 0.4) is 0 Å². The van der Waals surface area contributed by atoms with E-state index in [9.17, 15) is 9.18 Å². The standard InChI is InChI=1S/C26H20FN5OS/c1-26(13-5-4-8-22(26)27)32-25(33)24-23(30-32)19-6-2-3-7-21(19)31(29-24)14-17-9-11-18(12-10-17)20-15-34-16-28-20/h2-12,15-16H,13-14H2,1H3. The SMILES string of the molecule is CC1(n2nc3c4ccccc4n(Cc4ccc(-c5cscn5)cc4)nc-3c2=O)CC=CC=C1F. The number of benzene rings is 2. The first-order valence-corrected chi connectivity index (χ1v) is 11.9. The first-order valence-electron chi connectivity index (χ1n) is 10.9. The Balaban J connectivity index is 1.47. The summed E-state index contributed by atoms with van der Waals surface area (Å²) in [5, 5.41) is 12.1. The molecule has 0 bridgehead atoms. The molecule has 1 atom stereocenters. The molecule has 0 saturated carbocycles. The Morgan fingerprint density at radius 2 is 1.91 bits per heavy atom. The monoisotopic (exact) mass is 469 g/mol. The number of para-hydroxylation sites is 1. The number of thiazole rings is 1. The summed E-state index contributed by atoms with van der Waals surface area (Å²) in [5.74, 6) is -0.391. The van der Waals surface area contributed by atoms with Gasteiger partial charge in [0.1, 0.15) is 17.1 Å². The van der Waals surface area contributed by atoms with Gasteiger partial charge in [0.15, 0.2) is 5.69 Å². The lowest BCUT2D eigenvalue weighted by Crippen LogP contribution is -2.39. The minimum atomic E-state index is -1.16. The fourth-order valence-electron chi connectivity index (χ4n) is 4.42. The first-order chi connectivity index (χ1) is 16.5. The highest BCUT2D eigenvalue weighted by molar-refractivity contribution is 7.07. The van der Waals surface area contributed by atoms with Crippen molar-refractivity contribution in [3.63, 3.8) is 0 Å². The fraction of sp³-hybridized carbons (Fsp3) is 0.154. The number of aromatic nitrogens is 5. The molecule has 34 heavy (non-hydrogen) atoms. The molecule has 1 aromatic heterocycles. The summed E-state index contributed by atoms with van der Waals surface area (Å²) < 4.78 is 17.9. The molecule has 0 N–H and O–H groups in total. The van der Waals surface area contributed by atoms with E-state index >= 15 is 0 Å². The molecule has 0 fully saturated rings. The van der Waals surface area contributed by atoms with Crippen LogP contribution in [0.2, 0.25) is 0 Å². The maximum absolute atomic E-state index is 14.8. The van der Waals surface area contributed by atoms with Crippen molar-refractivity contribution in [3.05, 3.63) is 99.4 Å². The molecule has 3 aromatic rings. The largest absolute Gasteiger partial charge is 0.297 e. The van der Waals surface area contributed by atoms with E-state index in [4.69, 9.17) is 5.10 Å². The van der Waals surface area contributed by atoms with E-state index in [1.807, 2.05) is 70.2 Å². The number of hydrogen-bond acceptors (Lipinski definition) is 5. The first kappa shape index (κ1) is 20.7. The third-order valence-corrected chi connectivity index (χ3v) is 6.95. The Kier molecular flexibility index (Phi) is 4.77. The number of nitrogens with zero attached hydrogens (tertiary/aromatic N) is 5. The number of allylic oxidation sites excluding steroid dienone is 4. The van der Waals surface area contributed by atoms with Crippen LogP contribution in [0.15, 0.2) is 88.3 Å². The summed E-state index contributed by atoms with van der Waals surface area (Å²) in [6.07, 6.45) is 5.24. The van der Waals surface area contributed by atoms with Crippen LogP contribution in [-0.2, 0) is 12.1 Å². The van der Waals surface area contributed by atoms with Gasteiger partial charge in [-0.2, -0.15) is 10.2 Å². The molecule has 8 heteroatoms. The second-order valence-corrected chi connectivity index (χ2v) is 9.30. The van der Waals surface area contributed by atoms with Gasteiger partial charge in [0.2, 0.25) is 0 Å².